The number of rotatable bonds is 3. The lowest BCUT2D eigenvalue weighted by molar-refractivity contribution is -0.129. The van der Waals surface area contributed by atoms with Gasteiger partial charge in [0.15, 0.2) is 0 Å². The molecule has 1 saturated carbocycles. The Morgan fingerprint density at radius 2 is 1.81 bits per heavy atom. The number of amides is 2. The third kappa shape index (κ3) is 2.78. The minimum atomic E-state index is -0.118. The second-order valence-electron chi connectivity index (χ2n) is 6.31. The quantitative estimate of drug-likeness (QED) is 0.618. The molecule has 0 spiro atoms. The van der Waals surface area contributed by atoms with E-state index in [1.807, 2.05) is 24.3 Å². The van der Waals surface area contributed by atoms with Crippen molar-refractivity contribution in [1.29, 1.82) is 0 Å². The van der Waals surface area contributed by atoms with E-state index in [2.05, 4.69) is 15.9 Å². The van der Waals surface area contributed by atoms with Crippen LogP contribution in [0.4, 0.5) is 0 Å². The summed E-state index contributed by atoms with van der Waals surface area (Å²) in [5.74, 6) is -0.169. The molecule has 1 aliphatic carbocycles. The van der Waals surface area contributed by atoms with Gasteiger partial charge in [0.25, 0.3) is 5.91 Å². The Balaban J connectivity index is 1.85. The molecule has 0 aromatic heterocycles. The topological polar surface area (TPSA) is 37.4 Å². The lowest BCUT2D eigenvalue weighted by Gasteiger charge is -2.40. The molecule has 4 heteroatoms. The molecule has 1 aliphatic heterocycles. The summed E-state index contributed by atoms with van der Waals surface area (Å²) < 4.78 is 0. The van der Waals surface area contributed by atoms with Crippen LogP contribution in [-0.4, -0.2) is 28.6 Å². The highest BCUT2D eigenvalue weighted by atomic mass is 79.9. The first-order valence-electron chi connectivity index (χ1n) is 7.64. The summed E-state index contributed by atoms with van der Waals surface area (Å²) in [5.41, 5.74) is 1.62. The second-order valence-corrected chi connectivity index (χ2v) is 6.87. The van der Waals surface area contributed by atoms with Gasteiger partial charge in [0.05, 0.1) is 6.42 Å². The Kier molecular flexibility index (Phi) is 4.16. The Hall–Kier alpha value is -1.16. The van der Waals surface area contributed by atoms with Crippen LogP contribution in [0.3, 0.4) is 0 Å². The minimum Gasteiger partial charge on any atom is -0.278 e. The monoisotopic (exact) mass is 349 g/mol. The van der Waals surface area contributed by atoms with Gasteiger partial charge >= 0.3 is 0 Å². The molecule has 1 fully saturated rings. The van der Waals surface area contributed by atoms with Gasteiger partial charge in [0.2, 0.25) is 5.91 Å². The van der Waals surface area contributed by atoms with Gasteiger partial charge < -0.3 is 0 Å². The Morgan fingerprint density at radius 3 is 2.52 bits per heavy atom. The molecular formula is C17H20BrNO2. The number of carbonyl (C=O) groups is 2. The average Bonchev–Trinajstić information content (AvgIpc) is 2.52. The van der Waals surface area contributed by atoms with Gasteiger partial charge in [-0.15, -0.1) is 0 Å². The van der Waals surface area contributed by atoms with Crippen molar-refractivity contribution in [3.63, 3.8) is 0 Å². The first kappa shape index (κ1) is 14.8. The zero-order valence-corrected chi connectivity index (χ0v) is 13.7. The van der Waals surface area contributed by atoms with Crippen LogP contribution in [-0.2, 0) is 11.2 Å². The maximum Gasteiger partial charge on any atom is 0.260 e. The van der Waals surface area contributed by atoms with Crippen LogP contribution in [0.25, 0.3) is 0 Å². The van der Waals surface area contributed by atoms with Gasteiger partial charge in [-0.05, 0) is 29.9 Å². The first-order valence-corrected chi connectivity index (χ1v) is 8.76. The second kappa shape index (κ2) is 5.91. The van der Waals surface area contributed by atoms with E-state index in [1.54, 1.807) is 0 Å². The number of hydrogen-bond acceptors (Lipinski definition) is 2. The van der Waals surface area contributed by atoms with Gasteiger partial charge in [0, 0.05) is 17.4 Å². The van der Waals surface area contributed by atoms with E-state index in [-0.39, 0.29) is 17.2 Å². The largest absolute Gasteiger partial charge is 0.278 e. The average molecular weight is 350 g/mol. The highest BCUT2D eigenvalue weighted by Crippen LogP contribution is 2.39. The van der Waals surface area contributed by atoms with Gasteiger partial charge in [0.1, 0.15) is 0 Å². The molecule has 2 aliphatic rings. The SMILES string of the molecule is O=C1Cc2ccccc2C(=O)N1CC1(CBr)CCCCC1. The molecule has 2 amide bonds. The molecule has 0 unspecified atom stereocenters. The summed E-state index contributed by atoms with van der Waals surface area (Å²) in [6.45, 7) is 0.560. The number of alkyl halides is 1. The van der Waals surface area contributed by atoms with Crippen molar-refractivity contribution in [2.45, 2.75) is 38.5 Å². The van der Waals surface area contributed by atoms with E-state index >= 15 is 0 Å². The molecule has 0 bridgehead atoms. The zero-order chi connectivity index (χ0) is 14.9. The fraction of sp³-hybridized carbons (Fsp3) is 0.529. The Labute approximate surface area is 133 Å². The van der Waals surface area contributed by atoms with Crippen LogP contribution >= 0.6 is 15.9 Å². The fourth-order valence-corrected chi connectivity index (χ4v) is 4.27. The molecule has 0 atom stereocenters. The maximum atomic E-state index is 12.6. The third-order valence-electron chi connectivity index (χ3n) is 4.83. The maximum absolute atomic E-state index is 12.6. The summed E-state index contributed by atoms with van der Waals surface area (Å²) in [5, 5.41) is 0.860. The standard InChI is InChI=1S/C17H20BrNO2/c18-11-17(8-4-1-5-9-17)12-19-15(20)10-13-6-2-3-7-14(13)16(19)21/h2-3,6-7H,1,4-5,8-12H2. The number of benzene rings is 1. The molecule has 1 aromatic carbocycles. The lowest BCUT2D eigenvalue weighted by Crippen LogP contribution is -2.49. The number of carbonyl (C=O) groups excluding carboxylic acids is 2. The molecule has 0 radical (unpaired) electrons. The smallest absolute Gasteiger partial charge is 0.260 e. The van der Waals surface area contributed by atoms with E-state index in [4.69, 9.17) is 0 Å². The lowest BCUT2D eigenvalue weighted by atomic mass is 9.75. The molecule has 1 heterocycles. The van der Waals surface area contributed by atoms with Gasteiger partial charge in [-0.2, -0.15) is 0 Å². The number of nitrogens with zero attached hydrogens (tertiary/aromatic N) is 1. The molecule has 0 saturated heterocycles. The van der Waals surface area contributed by atoms with E-state index in [9.17, 15) is 9.59 Å². The van der Waals surface area contributed by atoms with Crippen LogP contribution in [0.1, 0.15) is 48.0 Å². The zero-order valence-electron chi connectivity index (χ0n) is 12.1. The summed E-state index contributed by atoms with van der Waals surface area (Å²) in [4.78, 5) is 26.5. The van der Waals surface area contributed by atoms with E-state index in [0.717, 1.165) is 23.7 Å². The normalized spacial score (nSPS) is 21.3. The van der Waals surface area contributed by atoms with Crippen molar-refractivity contribution in [3.05, 3.63) is 35.4 Å². The number of halogens is 1. The van der Waals surface area contributed by atoms with Crippen LogP contribution < -0.4 is 0 Å². The fourth-order valence-electron chi connectivity index (χ4n) is 3.53. The van der Waals surface area contributed by atoms with E-state index < -0.39 is 0 Å². The van der Waals surface area contributed by atoms with Crippen molar-refractivity contribution < 1.29 is 9.59 Å². The molecule has 3 nitrogen and oxygen atoms in total. The highest BCUT2D eigenvalue weighted by molar-refractivity contribution is 9.09. The number of fused-ring (bicyclic) bond motifs is 1. The molecule has 21 heavy (non-hydrogen) atoms. The van der Waals surface area contributed by atoms with E-state index in [1.165, 1.54) is 24.2 Å². The summed E-state index contributed by atoms with van der Waals surface area (Å²) in [6.07, 6.45) is 6.19. The molecule has 3 rings (SSSR count). The predicted molar refractivity (Wildman–Crippen MR) is 85.5 cm³/mol. The first-order chi connectivity index (χ1) is 10.2. The number of imide groups is 1. The van der Waals surface area contributed by atoms with Crippen molar-refractivity contribution in [2.24, 2.45) is 5.41 Å². The van der Waals surface area contributed by atoms with Gasteiger partial charge in [-0.1, -0.05) is 53.4 Å². The van der Waals surface area contributed by atoms with Crippen LogP contribution in [0, 0.1) is 5.41 Å². The van der Waals surface area contributed by atoms with Gasteiger partial charge in [-0.3, -0.25) is 14.5 Å². The Bertz CT molecular complexity index is 564. The van der Waals surface area contributed by atoms with Crippen molar-refractivity contribution in [1.82, 2.24) is 4.90 Å². The summed E-state index contributed by atoms with van der Waals surface area (Å²) >= 11 is 3.62. The van der Waals surface area contributed by atoms with Crippen molar-refractivity contribution in [2.75, 3.05) is 11.9 Å². The number of hydrogen-bond donors (Lipinski definition) is 0. The van der Waals surface area contributed by atoms with Gasteiger partial charge in [-0.25, -0.2) is 0 Å². The third-order valence-corrected chi connectivity index (χ3v) is 6.02. The van der Waals surface area contributed by atoms with E-state index in [0.29, 0.717) is 18.5 Å². The van der Waals surface area contributed by atoms with Crippen LogP contribution in [0.2, 0.25) is 0 Å². The molecule has 0 N–H and O–H groups in total. The van der Waals surface area contributed by atoms with Crippen molar-refractivity contribution >= 4 is 27.7 Å². The van der Waals surface area contributed by atoms with Crippen molar-refractivity contribution in [3.8, 4) is 0 Å². The predicted octanol–water partition coefficient (Wildman–Crippen LogP) is 3.56. The summed E-state index contributed by atoms with van der Waals surface area (Å²) in [6, 6.07) is 7.46. The molecule has 112 valence electrons. The molecule has 1 aromatic rings. The molecular weight excluding hydrogens is 330 g/mol. The Morgan fingerprint density at radius 1 is 1.10 bits per heavy atom. The van der Waals surface area contributed by atoms with Crippen LogP contribution in [0.15, 0.2) is 24.3 Å². The van der Waals surface area contributed by atoms with Crippen LogP contribution in [0.5, 0.6) is 0 Å². The summed E-state index contributed by atoms with van der Waals surface area (Å²) in [7, 11) is 0. The minimum absolute atomic E-state index is 0.0513. The highest BCUT2D eigenvalue weighted by Gasteiger charge is 2.39.